The molecule has 3 rings (SSSR count). The number of benzene rings is 1. The van der Waals surface area contributed by atoms with E-state index in [-0.39, 0.29) is 0 Å². The lowest BCUT2D eigenvalue weighted by Gasteiger charge is -2.07. The molecule has 0 amide bonds. The first-order valence-corrected chi connectivity index (χ1v) is 6.38. The van der Waals surface area contributed by atoms with Crippen LogP contribution in [0.15, 0.2) is 51.7 Å². The minimum absolute atomic E-state index is 0.815. The number of pyridine rings is 1. The van der Waals surface area contributed by atoms with Crippen molar-refractivity contribution in [3.8, 4) is 0 Å². The fraction of sp³-hybridized carbons (Fsp3) is 0.0714. The maximum atomic E-state index is 5.31. The minimum Gasteiger partial charge on any atom is -0.464 e. The van der Waals surface area contributed by atoms with E-state index in [0.717, 1.165) is 32.5 Å². The first-order chi connectivity index (χ1) is 8.72. The number of hydrogen-bond donors (Lipinski definition) is 1. The Morgan fingerprint density at radius 2 is 2.11 bits per heavy atom. The topological polar surface area (TPSA) is 38.1 Å². The zero-order valence-electron chi connectivity index (χ0n) is 9.77. The molecule has 3 aromatic rings. The molecule has 2 heterocycles. The molecule has 2 aromatic heterocycles. The van der Waals surface area contributed by atoms with Crippen LogP contribution in [0, 0.1) is 6.92 Å². The quantitative estimate of drug-likeness (QED) is 0.749. The molecular weight excluding hydrogens is 292 g/mol. The molecule has 90 valence electrons. The molecule has 0 saturated heterocycles. The van der Waals surface area contributed by atoms with Crippen molar-refractivity contribution in [2.45, 2.75) is 6.92 Å². The average Bonchev–Trinajstić information content (AvgIpc) is 2.81. The van der Waals surface area contributed by atoms with Crippen LogP contribution >= 0.6 is 15.9 Å². The summed E-state index contributed by atoms with van der Waals surface area (Å²) in [6.45, 7) is 2.01. The molecule has 0 fully saturated rings. The maximum Gasteiger partial charge on any atom is 0.133 e. The highest BCUT2D eigenvalue weighted by atomic mass is 79.9. The van der Waals surface area contributed by atoms with E-state index < -0.39 is 0 Å². The average molecular weight is 303 g/mol. The zero-order chi connectivity index (χ0) is 12.5. The molecule has 0 bridgehead atoms. The minimum atomic E-state index is 0.815. The highest BCUT2D eigenvalue weighted by molar-refractivity contribution is 9.10. The van der Waals surface area contributed by atoms with Crippen molar-refractivity contribution in [2.75, 3.05) is 5.32 Å². The van der Waals surface area contributed by atoms with Gasteiger partial charge in [-0.3, -0.25) is 0 Å². The van der Waals surface area contributed by atoms with E-state index >= 15 is 0 Å². The summed E-state index contributed by atoms with van der Waals surface area (Å²) in [6.07, 6.45) is 3.53. The maximum absolute atomic E-state index is 5.31. The van der Waals surface area contributed by atoms with Gasteiger partial charge < -0.3 is 9.73 Å². The Labute approximate surface area is 113 Å². The van der Waals surface area contributed by atoms with Crippen LogP contribution < -0.4 is 5.32 Å². The summed E-state index contributed by atoms with van der Waals surface area (Å²) in [5, 5.41) is 4.35. The fourth-order valence-corrected chi connectivity index (χ4v) is 2.08. The lowest BCUT2D eigenvalue weighted by Crippen LogP contribution is -1.93. The van der Waals surface area contributed by atoms with E-state index in [1.54, 1.807) is 6.26 Å². The van der Waals surface area contributed by atoms with Crippen molar-refractivity contribution in [3.63, 3.8) is 0 Å². The molecule has 0 saturated carbocycles. The Bertz CT molecular complexity index is 706. The second-order valence-electron chi connectivity index (χ2n) is 4.12. The molecule has 1 N–H and O–H groups in total. The number of halogens is 1. The highest BCUT2D eigenvalue weighted by Gasteiger charge is 2.02. The Morgan fingerprint density at radius 3 is 2.94 bits per heavy atom. The van der Waals surface area contributed by atoms with Gasteiger partial charge in [-0.05, 0) is 42.8 Å². The van der Waals surface area contributed by atoms with Crippen molar-refractivity contribution in [3.05, 3.63) is 52.8 Å². The van der Waals surface area contributed by atoms with Gasteiger partial charge in [0.1, 0.15) is 11.4 Å². The number of anilines is 2. The predicted octanol–water partition coefficient (Wildman–Crippen LogP) is 4.64. The summed E-state index contributed by atoms with van der Waals surface area (Å²) in [4.78, 5) is 4.34. The van der Waals surface area contributed by atoms with Gasteiger partial charge in [-0.15, -0.1) is 0 Å². The van der Waals surface area contributed by atoms with E-state index in [1.807, 2.05) is 43.5 Å². The molecular formula is C14H11BrN2O. The van der Waals surface area contributed by atoms with Crippen molar-refractivity contribution in [1.29, 1.82) is 0 Å². The van der Waals surface area contributed by atoms with Crippen molar-refractivity contribution >= 4 is 38.4 Å². The molecule has 0 radical (unpaired) electrons. The Hall–Kier alpha value is -1.81. The molecule has 0 unspecified atom stereocenters. The van der Waals surface area contributed by atoms with Gasteiger partial charge in [-0.1, -0.05) is 15.9 Å². The summed E-state index contributed by atoms with van der Waals surface area (Å²) in [5.41, 5.74) is 3.00. The van der Waals surface area contributed by atoms with Gasteiger partial charge in [-0.2, -0.15) is 0 Å². The third-order valence-electron chi connectivity index (χ3n) is 2.76. The Balaban J connectivity index is 1.92. The molecule has 0 atom stereocenters. The van der Waals surface area contributed by atoms with Gasteiger partial charge >= 0.3 is 0 Å². The van der Waals surface area contributed by atoms with Crippen LogP contribution in [0.5, 0.6) is 0 Å². The third-order valence-corrected chi connectivity index (χ3v) is 3.62. The molecule has 0 spiro atoms. The summed E-state index contributed by atoms with van der Waals surface area (Å²) in [5.74, 6) is 0.815. The van der Waals surface area contributed by atoms with Crippen molar-refractivity contribution in [2.24, 2.45) is 0 Å². The predicted molar refractivity (Wildman–Crippen MR) is 76.2 cm³/mol. The standard InChI is InChI=1S/C14H11BrN2O/c1-9-8-16-14(7-12(9)15)17-11-2-3-13-10(6-11)4-5-18-13/h2-8H,1H3,(H,16,17). The molecule has 0 aliphatic carbocycles. The number of aryl methyl sites for hydroxylation is 1. The van der Waals surface area contributed by atoms with Gasteiger partial charge in [0.25, 0.3) is 0 Å². The first kappa shape index (κ1) is 11.3. The van der Waals surface area contributed by atoms with Gasteiger partial charge in [-0.25, -0.2) is 4.98 Å². The Kier molecular flexibility index (Phi) is 2.80. The van der Waals surface area contributed by atoms with Crippen molar-refractivity contribution in [1.82, 2.24) is 4.98 Å². The van der Waals surface area contributed by atoms with Crippen LogP contribution in [-0.2, 0) is 0 Å². The number of nitrogens with one attached hydrogen (secondary N) is 1. The summed E-state index contributed by atoms with van der Waals surface area (Å²) >= 11 is 3.50. The normalized spacial score (nSPS) is 10.8. The van der Waals surface area contributed by atoms with Crippen LogP contribution in [0.25, 0.3) is 11.0 Å². The van der Waals surface area contributed by atoms with Gasteiger partial charge in [0.15, 0.2) is 0 Å². The molecule has 0 aliphatic rings. The van der Waals surface area contributed by atoms with E-state index in [0.29, 0.717) is 0 Å². The van der Waals surface area contributed by atoms with E-state index in [2.05, 4.69) is 26.2 Å². The molecule has 18 heavy (non-hydrogen) atoms. The molecule has 0 aliphatic heterocycles. The number of aromatic nitrogens is 1. The van der Waals surface area contributed by atoms with Gasteiger partial charge in [0.05, 0.1) is 6.26 Å². The lowest BCUT2D eigenvalue weighted by molar-refractivity contribution is 0.616. The van der Waals surface area contributed by atoms with Crippen LogP contribution in [0.3, 0.4) is 0 Å². The number of furan rings is 1. The molecule has 1 aromatic carbocycles. The number of nitrogens with zero attached hydrogens (tertiary/aromatic N) is 1. The molecule has 3 nitrogen and oxygen atoms in total. The monoisotopic (exact) mass is 302 g/mol. The summed E-state index contributed by atoms with van der Waals surface area (Å²) < 4.78 is 6.35. The zero-order valence-corrected chi connectivity index (χ0v) is 11.4. The van der Waals surface area contributed by atoms with Crippen molar-refractivity contribution < 1.29 is 4.42 Å². The smallest absolute Gasteiger partial charge is 0.133 e. The molecule has 4 heteroatoms. The summed E-state index contributed by atoms with van der Waals surface area (Å²) in [7, 11) is 0. The van der Waals surface area contributed by atoms with Gasteiger partial charge in [0, 0.05) is 21.7 Å². The lowest BCUT2D eigenvalue weighted by atomic mass is 10.2. The number of hydrogen-bond acceptors (Lipinski definition) is 3. The van der Waals surface area contributed by atoms with Crippen LogP contribution in [0.1, 0.15) is 5.56 Å². The third kappa shape index (κ3) is 2.11. The van der Waals surface area contributed by atoms with Crippen LogP contribution in [-0.4, -0.2) is 4.98 Å². The number of fused-ring (bicyclic) bond motifs is 1. The largest absolute Gasteiger partial charge is 0.464 e. The number of rotatable bonds is 2. The summed E-state index contributed by atoms with van der Waals surface area (Å²) in [6, 6.07) is 9.87. The van der Waals surface area contributed by atoms with E-state index in [4.69, 9.17) is 4.42 Å². The van der Waals surface area contributed by atoms with Crippen LogP contribution in [0.4, 0.5) is 11.5 Å². The Morgan fingerprint density at radius 1 is 1.22 bits per heavy atom. The SMILES string of the molecule is Cc1cnc(Nc2ccc3occc3c2)cc1Br. The van der Waals surface area contributed by atoms with Crippen LogP contribution in [0.2, 0.25) is 0 Å². The first-order valence-electron chi connectivity index (χ1n) is 5.59. The second kappa shape index (κ2) is 4.46. The second-order valence-corrected chi connectivity index (χ2v) is 4.97. The van der Waals surface area contributed by atoms with E-state index in [1.165, 1.54) is 0 Å². The van der Waals surface area contributed by atoms with E-state index in [9.17, 15) is 0 Å². The highest BCUT2D eigenvalue weighted by Crippen LogP contribution is 2.24. The van der Waals surface area contributed by atoms with Gasteiger partial charge in [0.2, 0.25) is 0 Å². The fourth-order valence-electron chi connectivity index (χ4n) is 1.76.